The molecule has 4 aromatic rings. The van der Waals surface area contributed by atoms with Crippen molar-refractivity contribution in [1.29, 1.82) is 0 Å². The second-order valence-corrected chi connectivity index (χ2v) is 9.31. The standard InChI is InChI=1S/C26H22FN3O4S2/c1-33-22-12-7-16(13-23(22)34-2)21-14-36-26(29-21)30-24(31)15-35-18-10-8-17(9-11-18)28-25(32)19-5-3-4-6-20(19)27/h3-14H,15H2,1-2H3,(H,28,32)(H,29,30,31). The zero-order valence-corrected chi connectivity index (χ0v) is 21.0. The Bertz CT molecular complexity index is 1380. The summed E-state index contributed by atoms with van der Waals surface area (Å²) >= 11 is 2.68. The van der Waals surface area contributed by atoms with Gasteiger partial charge in [0.15, 0.2) is 16.6 Å². The number of ether oxygens (including phenoxy) is 2. The van der Waals surface area contributed by atoms with E-state index in [1.165, 1.54) is 41.3 Å². The SMILES string of the molecule is COc1ccc(-c2csc(NC(=O)CSc3ccc(NC(=O)c4ccccc4F)cc3)n2)cc1OC. The van der Waals surface area contributed by atoms with Crippen molar-refractivity contribution < 1.29 is 23.5 Å². The van der Waals surface area contributed by atoms with Crippen LogP contribution in [0.15, 0.2) is 77.0 Å². The number of thioether (sulfide) groups is 1. The lowest BCUT2D eigenvalue weighted by atomic mass is 10.1. The van der Waals surface area contributed by atoms with Crippen LogP contribution in [-0.2, 0) is 4.79 Å². The predicted octanol–water partition coefficient (Wildman–Crippen LogP) is 5.95. The first-order valence-electron chi connectivity index (χ1n) is 10.7. The number of hydrogen-bond donors (Lipinski definition) is 2. The van der Waals surface area contributed by atoms with Gasteiger partial charge in [0.1, 0.15) is 5.82 Å². The summed E-state index contributed by atoms with van der Waals surface area (Å²) in [4.78, 5) is 30.0. The molecule has 2 amide bonds. The van der Waals surface area contributed by atoms with Crippen molar-refractivity contribution in [1.82, 2.24) is 4.98 Å². The van der Waals surface area contributed by atoms with Crippen LogP contribution < -0.4 is 20.1 Å². The predicted molar refractivity (Wildman–Crippen MR) is 141 cm³/mol. The van der Waals surface area contributed by atoms with Gasteiger partial charge in [-0.1, -0.05) is 12.1 Å². The van der Waals surface area contributed by atoms with Gasteiger partial charge in [0.25, 0.3) is 5.91 Å². The quantitative estimate of drug-likeness (QED) is 0.264. The number of carbonyl (C=O) groups is 2. The van der Waals surface area contributed by atoms with Crippen molar-refractivity contribution in [3.05, 3.63) is 83.5 Å². The van der Waals surface area contributed by atoms with E-state index >= 15 is 0 Å². The fourth-order valence-corrected chi connectivity index (χ4v) is 4.68. The van der Waals surface area contributed by atoms with Gasteiger partial charge in [0.2, 0.25) is 5.91 Å². The number of anilines is 2. The lowest BCUT2D eigenvalue weighted by Crippen LogP contribution is -2.14. The Labute approximate surface area is 215 Å². The Morgan fingerprint density at radius 1 is 0.972 bits per heavy atom. The fraction of sp³-hybridized carbons (Fsp3) is 0.115. The number of methoxy groups -OCH3 is 2. The number of carbonyl (C=O) groups excluding carboxylic acids is 2. The van der Waals surface area contributed by atoms with Gasteiger partial charge < -0.3 is 20.1 Å². The molecule has 1 aromatic heterocycles. The van der Waals surface area contributed by atoms with Crippen molar-refractivity contribution in [3.63, 3.8) is 0 Å². The number of thiazole rings is 1. The van der Waals surface area contributed by atoms with E-state index in [2.05, 4.69) is 15.6 Å². The monoisotopic (exact) mass is 523 g/mol. The normalized spacial score (nSPS) is 10.5. The maximum absolute atomic E-state index is 13.8. The molecule has 0 bridgehead atoms. The molecule has 0 aliphatic rings. The number of amides is 2. The van der Waals surface area contributed by atoms with E-state index in [0.29, 0.717) is 22.3 Å². The van der Waals surface area contributed by atoms with Gasteiger partial charge in [-0.3, -0.25) is 9.59 Å². The summed E-state index contributed by atoms with van der Waals surface area (Å²) in [6.07, 6.45) is 0. The maximum atomic E-state index is 13.8. The van der Waals surface area contributed by atoms with Gasteiger partial charge in [0.05, 0.1) is 31.2 Å². The number of hydrogen-bond acceptors (Lipinski definition) is 7. The fourth-order valence-electron chi connectivity index (χ4n) is 3.24. The first kappa shape index (κ1) is 25.2. The Morgan fingerprint density at radius 2 is 1.72 bits per heavy atom. The van der Waals surface area contributed by atoms with Gasteiger partial charge in [-0.15, -0.1) is 23.1 Å². The average molecular weight is 524 g/mol. The molecule has 0 spiro atoms. The van der Waals surface area contributed by atoms with Crippen LogP contribution in [0.1, 0.15) is 10.4 Å². The molecule has 7 nitrogen and oxygen atoms in total. The van der Waals surface area contributed by atoms with E-state index in [4.69, 9.17) is 9.47 Å². The van der Waals surface area contributed by atoms with Crippen LogP contribution in [-0.4, -0.2) is 36.8 Å². The zero-order chi connectivity index (χ0) is 25.5. The molecule has 0 aliphatic carbocycles. The molecule has 0 radical (unpaired) electrons. The zero-order valence-electron chi connectivity index (χ0n) is 19.4. The molecule has 3 aromatic carbocycles. The molecular formula is C26H22FN3O4S2. The number of aromatic nitrogens is 1. The van der Waals surface area contributed by atoms with Gasteiger partial charge in [0, 0.05) is 21.5 Å². The first-order valence-corrected chi connectivity index (χ1v) is 12.6. The molecule has 4 rings (SSSR count). The molecule has 0 atom stereocenters. The molecule has 1 heterocycles. The highest BCUT2D eigenvalue weighted by Crippen LogP contribution is 2.33. The third-order valence-corrected chi connectivity index (χ3v) is 6.80. The second kappa shape index (κ2) is 11.7. The molecule has 36 heavy (non-hydrogen) atoms. The van der Waals surface area contributed by atoms with Crippen molar-refractivity contribution >= 4 is 45.7 Å². The van der Waals surface area contributed by atoms with Crippen LogP contribution >= 0.6 is 23.1 Å². The number of benzene rings is 3. The first-order chi connectivity index (χ1) is 17.5. The topological polar surface area (TPSA) is 89.6 Å². The Morgan fingerprint density at radius 3 is 2.44 bits per heavy atom. The lowest BCUT2D eigenvalue weighted by Gasteiger charge is -2.08. The summed E-state index contributed by atoms with van der Waals surface area (Å²) in [5.41, 5.74) is 2.07. The summed E-state index contributed by atoms with van der Waals surface area (Å²) < 4.78 is 24.4. The molecule has 0 saturated carbocycles. The molecule has 10 heteroatoms. The second-order valence-electron chi connectivity index (χ2n) is 7.40. The third kappa shape index (κ3) is 6.21. The molecule has 0 aliphatic heterocycles. The van der Waals surface area contributed by atoms with Crippen LogP contribution in [0.5, 0.6) is 11.5 Å². The summed E-state index contributed by atoms with van der Waals surface area (Å²) in [5, 5.41) is 7.83. The van der Waals surface area contributed by atoms with E-state index in [-0.39, 0.29) is 17.2 Å². The maximum Gasteiger partial charge on any atom is 0.258 e. The van der Waals surface area contributed by atoms with Gasteiger partial charge >= 0.3 is 0 Å². The molecule has 0 fully saturated rings. The van der Waals surface area contributed by atoms with Gasteiger partial charge in [-0.2, -0.15) is 0 Å². The van der Waals surface area contributed by atoms with Crippen LogP contribution in [0.2, 0.25) is 0 Å². The summed E-state index contributed by atoms with van der Waals surface area (Å²) in [6.45, 7) is 0. The molecule has 184 valence electrons. The van der Waals surface area contributed by atoms with Crippen molar-refractivity contribution in [2.75, 3.05) is 30.6 Å². The average Bonchev–Trinajstić information content (AvgIpc) is 3.36. The smallest absolute Gasteiger partial charge is 0.258 e. The Kier molecular flexibility index (Phi) is 8.19. The van der Waals surface area contributed by atoms with Crippen molar-refractivity contribution in [2.45, 2.75) is 4.90 Å². The van der Waals surface area contributed by atoms with E-state index in [0.717, 1.165) is 16.2 Å². The minimum Gasteiger partial charge on any atom is -0.493 e. The minimum absolute atomic E-state index is 0.0240. The van der Waals surface area contributed by atoms with Crippen molar-refractivity contribution in [3.8, 4) is 22.8 Å². The molecule has 2 N–H and O–H groups in total. The highest BCUT2D eigenvalue weighted by molar-refractivity contribution is 8.00. The summed E-state index contributed by atoms with van der Waals surface area (Å²) in [7, 11) is 3.15. The molecule has 0 saturated heterocycles. The lowest BCUT2D eigenvalue weighted by molar-refractivity contribution is -0.113. The van der Waals surface area contributed by atoms with Crippen LogP contribution in [0.3, 0.4) is 0 Å². The number of nitrogens with one attached hydrogen (secondary N) is 2. The summed E-state index contributed by atoms with van der Waals surface area (Å²) in [6, 6.07) is 18.3. The highest BCUT2D eigenvalue weighted by Gasteiger charge is 2.13. The number of rotatable bonds is 9. The Hall–Kier alpha value is -3.89. The van der Waals surface area contributed by atoms with Crippen LogP contribution in [0, 0.1) is 5.82 Å². The van der Waals surface area contributed by atoms with Gasteiger partial charge in [-0.05, 0) is 54.6 Å². The largest absolute Gasteiger partial charge is 0.493 e. The molecular weight excluding hydrogens is 501 g/mol. The van der Waals surface area contributed by atoms with E-state index in [9.17, 15) is 14.0 Å². The Balaban J connectivity index is 1.29. The van der Waals surface area contributed by atoms with E-state index in [1.54, 1.807) is 50.6 Å². The molecule has 0 unspecified atom stereocenters. The van der Waals surface area contributed by atoms with Gasteiger partial charge in [-0.25, -0.2) is 9.37 Å². The summed E-state index contributed by atoms with van der Waals surface area (Å²) in [5.74, 6) is 0.121. The van der Waals surface area contributed by atoms with Crippen LogP contribution in [0.25, 0.3) is 11.3 Å². The van der Waals surface area contributed by atoms with E-state index < -0.39 is 11.7 Å². The van der Waals surface area contributed by atoms with E-state index in [1.807, 2.05) is 17.5 Å². The number of nitrogens with zero attached hydrogens (tertiary/aromatic N) is 1. The highest BCUT2D eigenvalue weighted by atomic mass is 32.2. The minimum atomic E-state index is -0.579. The van der Waals surface area contributed by atoms with Crippen molar-refractivity contribution in [2.24, 2.45) is 0 Å². The van der Waals surface area contributed by atoms with Crippen LogP contribution in [0.4, 0.5) is 15.2 Å². The third-order valence-electron chi connectivity index (χ3n) is 5.03. The number of halogens is 1.